The topological polar surface area (TPSA) is 76.0 Å². The summed E-state index contributed by atoms with van der Waals surface area (Å²) in [6.45, 7) is 4.64. The maximum absolute atomic E-state index is 10.6. The van der Waals surface area contributed by atoms with Crippen molar-refractivity contribution >= 4 is 5.97 Å². The number of hydrogen-bond acceptors (Lipinski definition) is 4. The Morgan fingerprint density at radius 1 is 1.32 bits per heavy atom. The van der Waals surface area contributed by atoms with Gasteiger partial charge in [0.25, 0.3) is 0 Å². The summed E-state index contributed by atoms with van der Waals surface area (Å²) in [6.07, 6.45) is -1.39. The number of methoxy groups -OCH3 is 1. The first-order chi connectivity index (χ1) is 8.93. The number of carboxylic acids is 1. The molecule has 19 heavy (non-hydrogen) atoms. The Bertz CT molecular complexity index is 428. The summed E-state index contributed by atoms with van der Waals surface area (Å²) in [5.74, 6) is 0.415. The highest BCUT2D eigenvalue weighted by molar-refractivity contribution is 5.67. The highest BCUT2D eigenvalue weighted by atomic mass is 16.5. The SMILES string of the molecule is COc1cc(C(O)CC(=O)O)ccc1OCC(C)C. The number of rotatable bonds is 7. The summed E-state index contributed by atoms with van der Waals surface area (Å²) in [7, 11) is 1.50. The van der Waals surface area contributed by atoms with E-state index in [0.717, 1.165) is 0 Å². The molecular formula is C14H20O5. The van der Waals surface area contributed by atoms with E-state index in [2.05, 4.69) is 0 Å². The summed E-state index contributed by atoms with van der Waals surface area (Å²) in [6, 6.07) is 4.93. The van der Waals surface area contributed by atoms with Crippen LogP contribution in [-0.2, 0) is 4.79 Å². The van der Waals surface area contributed by atoms with Crippen molar-refractivity contribution in [2.24, 2.45) is 5.92 Å². The second-order valence-corrected chi connectivity index (χ2v) is 4.73. The third-order valence-corrected chi connectivity index (χ3v) is 2.51. The van der Waals surface area contributed by atoms with Crippen molar-refractivity contribution < 1.29 is 24.5 Å². The average Bonchev–Trinajstić information content (AvgIpc) is 2.35. The van der Waals surface area contributed by atoms with Gasteiger partial charge < -0.3 is 19.7 Å². The largest absolute Gasteiger partial charge is 0.493 e. The van der Waals surface area contributed by atoms with E-state index in [4.69, 9.17) is 14.6 Å². The van der Waals surface area contributed by atoms with Gasteiger partial charge in [-0.05, 0) is 23.6 Å². The first kappa shape index (κ1) is 15.3. The van der Waals surface area contributed by atoms with Gasteiger partial charge in [-0.25, -0.2) is 0 Å². The van der Waals surface area contributed by atoms with Crippen molar-refractivity contribution in [2.75, 3.05) is 13.7 Å². The first-order valence-corrected chi connectivity index (χ1v) is 6.14. The minimum Gasteiger partial charge on any atom is -0.493 e. The van der Waals surface area contributed by atoms with Gasteiger partial charge in [-0.1, -0.05) is 19.9 Å². The minimum absolute atomic E-state index is 0.338. The Labute approximate surface area is 112 Å². The molecule has 0 aliphatic rings. The molecule has 0 aliphatic heterocycles. The number of aliphatic hydroxyl groups is 1. The maximum atomic E-state index is 10.6. The van der Waals surface area contributed by atoms with Crippen LogP contribution in [-0.4, -0.2) is 29.9 Å². The van der Waals surface area contributed by atoms with Crippen LogP contribution in [0.4, 0.5) is 0 Å². The number of hydrogen-bond donors (Lipinski definition) is 2. The van der Waals surface area contributed by atoms with Gasteiger partial charge >= 0.3 is 5.97 Å². The van der Waals surface area contributed by atoms with Gasteiger partial charge in [-0.2, -0.15) is 0 Å². The normalized spacial score (nSPS) is 12.3. The van der Waals surface area contributed by atoms with Gasteiger partial charge in [0.1, 0.15) is 0 Å². The Morgan fingerprint density at radius 2 is 2.00 bits per heavy atom. The molecule has 0 radical (unpaired) electrons. The molecular weight excluding hydrogens is 248 g/mol. The smallest absolute Gasteiger partial charge is 0.306 e. The van der Waals surface area contributed by atoms with E-state index in [1.807, 2.05) is 13.8 Å². The lowest BCUT2D eigenvalue weighted by molar-refractivity contribution is -0.139. The molecule has 0 amide bonds. The predicted molar refractivity (Wildman–Crippen MR) is 70.5 cm³/mol. The van der Waals surface area contributed by atoms with Crippen molar-refractivity contribution in [3.63, 3.8) is 0 Å². The molecule has 0 aromatic heterocycles. The number of aliphatic carboxylic acids is 1. The lowest BCUT2D eigenvalue weighted by atomic mass is 10.1. The maximum Gasteiger partial charge on any atom is 0.306 e. The Hall–Kier alpha value is -1.75. The Morgan fingerprint density at radius 3 is 2.53 bits per heavy atom. The quantitative estimate of drug-likeness (QED) is 0.793. The first-order valence-electron chi connectivity index (χ1n) is 6.14. The van der Waals surface area contributed by atoms with Gasteiger partial charge in [0.2, 0.25) is 0 Å². The molecule has 0 saturated heterocycles. The molecule has 1 atom stereocenters. The van der Waals surface area contributed by atoms with Crippen molar-refractivity contribution in [3.05, 3.63) is 23.8 Å². The molecule has 0 fully saturated rings. The minimum atomic E-state index is -1.05. The van der Waals surface area contributed by atoms with Gasteiger partial charge in [-0.3, -0.25) is 4.79 Å². The van der Waals surface area contributed by atoms with Gasteiger partial charge in [0.15, 0.2) is 11.5 Å². The van der Waals surface area contributed by atoms with Crippen LogP contribution in [0.3, 0.4) is 0 Å². The van der Waals surface area contributed by atoms with Crippen LogP contribution in [0.2, 0.25) is 0 Å². The second kappa shape index (κ2) is 6.99. The Balaban J connectivity index is 2.85. The van der Waals surface area contributed by atoms with Crippen LogP contribution in [0, 0.1) is 5.92 Å². The van der Waals surface area contributed by atoms with E-state index in [9.17, 15) is 9.90 Å². The molecule has 5 nitrogen and oxygen atoms in total. The van der Waals surface area contributed by atoms with E-state index in [1.54, 1.807) is 18.2 Å². The van der Waals surface area contributed by atoms with Crippen molar-refractivity contribution in [3.8, 4) is 11.5 Å². The average molecular weight is 268 g/mol. The van der Waals surface area contributed by atoms with Crippen molar-refractivity contribution in [1.29, 1.82) is 0 Å². The number of carbonyl (C=O) groups is 1. The van der Waals surface area contributed by atoms with E-state index in [1.165, 1.54) is 7.11 Å². The van der Waals surface area contributed by atoms with Gasteiger partial charge in [-0.15, -0.1) is 0 Å². The summed E-state index contributed by atoms with van der Waals surface area (Å²) >= 11 is 0. The molecule has 0 aliphatic carbocycles. The summed E-state index contributed by atoms with van der Waals surface area (Å²) in [4.78, 5) is 10.6. The van der Waals surface area contributed by atoms with Crippen LogP contribution in [0.25, 0.3) is 0 Å². The summed E-state index contributed by atoms with van der Waals surface area (Å²) in [5, 5.41) is 18.4. The van der Waals surface area contributed by atoms with Crippen LogP contribution in [0.5, 0.6) is 11.5 Å². The van der Waals surface area contributed by atoms with E-state index >= 15 is 0 Å². The molecule has 1 aromatic carbocycles. The molecule has 1 rings (SSSR count). The molecule has 0 bridgehead atoms. The molecule has 106 valence electrons. The Kier molecular flexibility index (Phi) is 5.63. The van der Waals surface area contributed by atoms with E-state index in [0.29, 0.717) is 29.6 Å². The standard InChI is InChI=1S/C14H20O5/c1-9(2)8-19-12-5-4-10(6-13(12)18-3)11(15)7-14(16)17/h4-6,9,11,15H,7-8H2,1-3H3,(H,16,17). The lowest BCUT2D eigenvalue weighted by Crippen LogP contribution is -2.08. The fraction of sp³-hybridized carbons (Fsp3) is 0.500. The zero-order chi connectivity index (χ0) is 14.4. The highest BCUT2D eigenvalue weighted by Gasteiger charge is 2.15. The fourth-order valence-electron chi connectivity index (χ4n) is 1.55. The van der Waals surface area contributed by atoms with Gasteiger partial charge in [0, 0.05) is 0 Å². The molecule has 1 unspecified atom stereocenters. The lowest BCUT2D eigenvalue weighted by Gasteiger charge is -2.15. The third-order valence-electron chi connectivity index (χ3n) is 2.51. The van der Waals surface area contributed by atoms with Crippen LogP contribution < -0.4 is 9.47 Å². The second-order valence-electron chi connectivity index (χ2n) is 4.73. The zero-order valence-electron chi connectivity index (χ0n) is 11.4. The van der Waals surface area contributed by atoms with Gasteiger partial charge in [0.05, 0.1) is 26.2 Å². The van der Waals surface area contributed by atoms with Crippen molar-refractivity contribution in [1.82, 2.24) is 0 Å². The third kappa shape index (κ3) is 4.79. The van der Waals surface area contributed by atoms with Crippen LogP contribution in [0.1, 0.15) is 31.9 Å². The summed E-state index contributed by atoms with van der Waals surface area (Å²) in [5.41, 5.74) is 0.496. The molecule has 0 heterocycles. The number of aliphatic hydroxyl groups excluding tert-OH is 1. The van der Waals surface area contributed by atoms with Crippen LogP contribution in [0.15, 0.2) is 18.2 Å². The zero-order valence-corrected chi connectivity index (χ0v) is 11.4. The predicted octanol–water partition coefficient (Wildman–Crippen LogP) is 2.24. The monoisotopic (exact) mass is 268 g/mol. The van der Waals surface area contributed by atoms with E-state index in [-0.39, 0.29) is 6.42 Å². The van der Waals surface area contributed by atoms with Crippen LogP contribution >= 0.6 is 0 Å². The summed E-state index contributed by atoms with van der Waals surface area (Å²) < 4.78 is 10.8. The fourth-order valence-corrected chi connectivity index (χ4v) is 1.55. The molecule has 0 saturated carbocycles. The number of ether oxygens (including phenoxy) is 2. The molecule has 1 aromatic rings. The van der Waals surface area contributed by atoms with Crippen molar-refractivity contribution in [2.45, 2.75) is 26.4 Å². The molecule has 5 heteroatoms. The number of carboxylic acid groups (broad SMARTS) is 1. The number of benzene rings is 1. The highest BCUT2D eigenvalue weighted by Crippen LogP contribution is 2.31. The van der Waals surface area contributed by atoms with E-state index < -0.39 is 12.1 Å². The molecule has 0 spiro atoms. The molecule has 2 N–H and O–H groups in total.